The van der Waals surface area contributed by atoms with Gasteiger partial charge in [-0.2, -0.15) is 15.2 Å². The molecule has 2 N–H and O–H groups in total. The van der Waals surface area contributed by atoms with Crippen LogP contribution < -0.4 is 15.4 Å². The highest BCUT2D eigenvalue weighted by molar-refractivity contribution is 7.23. The van der Waals surface area contributed by atoms with Gasteiger partial charge >= 0.3 is 6.01 Å². The summed E-state index contributed by atoms with van der Waals surface area (Å²) in [4.78, 5) is 14.4. The van der Waals surface area contributed by atoms with Crippen LogP contribution in [-0.4, -0.2) is 53.2 Å². The van der Waals surface area contributed by atoms with Gasteiger partial charge in [0, 0.05) is 29.6 Å². The van der Waals surface area contributed by atoms with Crippen molar-refractivity contribution < 1.29 is 13.5 Å². The molecular formula is C33H33ClF2N6OS. The summed E-state index contributed by atoms with van der Waals surface area (Å²) in [5, 5.41) is 11.2. The van der Waals surface area contributed by atoms with Crippen molar-refractivity contribution in [2.45, 2.75) is 76.5 Å². The van der Waals surface area contributed by atoms with Crippen molar-refractivity contribution in [3.05, 3.63) is 39.9 Å². The molecular weight excluding hydrogens is 602 g/mol. The monoisotopic (exact) mass is 634 g/mol. The van der Waals surface area contributed by atoms with E-state index >= 15 is 4.39 Å². The number of aryl methyl sites for hydroxylation is 1. The van der Waals surface area contributed by atoms with Gasteiger partial charge in [0.2, 0.25) is 0 Å². The first kappa shape index (κ1) is 28.2. The number of thiophene rings is 1. The van der Waals surface area contributed by atoms with Crippen molar-refractivity contribution in [1.29, 1.82) is 5.26 Å². The largest absolute Gasteiger partial charge is 0.459 e. The van der Waals surface area contributed by atoms with Crippen LogP contribution in [0.5, 0.6) is 6.01 Å². The normalized spacial score (nSPS) is 23.1. The highest BCUT2D eigenvalue weighted by Crippen LogP contribution is 2.63. The molecule has 2 aliphatic heterocycles. The Morgan fingerprint density at radius 1 is 1.16 bits per heavy atom. The smallest absolute Gasteiger partial charge is 0.319 e. The van der Waals surface area contributed by atoms with Crippen molar-refractivity contribution in [1.82, 2.24) is 14.9 Å². The van der Waals surface area contributed by atoms with Crippen LogP contribution in [0.4, 0.5) is 19.6 Å². The van der Waals surface area contributed by atoms with Crippen LogP contribution in [0.1, 0.15) is 63.0 Å². The van der Waals surface area contributed by atoms with Crippen LogP contribution in [0.3, 0.4) is 0 Å². The van der Waals surface area contributed by atoms with Gasteiger partial charge in [0.1, 0.15) is 34.3 Å². The fourth-order valence-electron chi connectivity index (χ4n) is 8.10. The third kappa shape index (κ3) is 4.05. The highest BCUT2D eigenvalue weighted by atomic mass is 35.5. The summed E-state index contributed by atoms with van der Waals surface area (Å²) in [5.74, 6) is -0.464. The number of hydrogen-bond acceptors (Lipinski definition) is 8. The molecule has 2 aromatic heterocycles. The molecule has 0 radical (unpaired) electrons. The molecule has 1 unspecified atom stereocenters. The standard InChI is InChI=1S/C33H33ClF2N6OS/c1-16(21-6-4-13-41(21)2)43-32-39-28-25-18(5-3-14-42(31(25)40-32)22-9-10-33(22)11-12-33)26(34)24(27(28)36)17-7-8-20(35)29-23(17)19(15-37)30(38)44-29/h7-8,16,21-22H,3-6,9-14,38H2,1-2H3/t16-,21-,22?/m0/s1. The topological polar surface area (TPSA) is 91.3 Å². The number of nitrogen functional groups attached to an aromatic ring is 1. The zero-order valence-electron chi connectivity index (χ0n) is 24.7. The lowest BCUT2D eigenvalue weighted by atomic mass is 9.75. The number of nitrogens with two attached hydrogens (primary N) is 1. The molecule has 2 aliphatic carbocycles. The van der Waals surface area contributed by atoms with Gasteiger partial charge in [0.05, 0.1) is 20.7 Å². The predicted molar refractivity (Wildman–Crippen MR) is 171 cm³/mol. The first-order valence-electron chi connectivity index (χ1n) is 15.5. The zero-order chi connectivity index (χ0) is 30.5. The molecule has 3 fully saturated rings. The van der Waals surface area contributed by atoms with E-state index in [-0.39, 0.29) is 54.9 Å². The van der Waals surface area contributed by atoms with E-state index in [9.17, 15) is 9.65 Å². The van der Waals surface area contributed by atoms with Gasteiger partial charge in [0.25, 0.3) is 0 Å². The molecule has 8 rings (SSSR count). The van der Waals surface area contributed by atoms with E-state index in [2.05, 4.69) is 22.9 Å². The number of likely N-dealkylation sites (tertiary alicyclic amines) is 1. The molecule has 0 amide bonds. The molecule has 3 atom stereocenters. The lowest BCUT2D eigenvalue weighted by Gasteiger charge is -2.46. The lowest BCUT2D eigenvalue weighted by molar-refractivity contribution is 0.112. The Balaban J connectivity index is 1.37. The van der Waals surface area contributed by atoms with Gasteiger partial charge in [-0.1, -0.05) is 17.7 Å². The number of aromatic nitrogens is 2. The van der Waals surface area contributed by atoms with Gasteiger partial charge in [-0.25, -0.2) is 8.78 Å². The van der Waals surface area contributed by atoms with Crippen LogP contribution in [0.25, 0.3) is 32.1 Å². The molecule has 4 aliphatic rings. The third-order valence-corrected chi connectivity index (χ3v) is 12.1. The van der Waals surface area contributed by atoms with E-state index in [0.29, 0.717) is 34.6 Å². The fraction of sp³-hybridized carbons (Fsp3) is 0.485. The summed E-state index contributed by atoms with van der Waals surface area (Å²) >= 11 is 8.14. The minimum Gasteiger partial charge on any atom is -0.459 e. The average Bonchev–Trinajstić information content (AvgIpc) is 3.66. The SMILES string of the molecule is C[C@H](Oc1nc2c3c(c(Cl)c(-c4ccc(F)c5sc(N)c(C#N)c45)c(F)c3n1)CCCN2C1CCC12CC2)[C@@H]1CCCN1C. The number of fused-ring (bicyclic) bond motifs is 1. The van der Waals surface area contributed by atoms with Crippen molar-refractivity contribution in [3.8, 4) is 23.2 Å². The fourth-order valence-corrected chi connectivity index (χ4v) is 9.43. The second kappa shape index (κ2) is 10.1. The van der Waals surface area contributed by atoms with E-state index < -0.39 is 11.6 Å². The summed E-state index contributed by atoms with van der Waals surface area (Å²) in [5.41, 5.74) is 7.91. The van der Waals surface area contributed by atoms with Crippen molar-refractivity contribution >= 4 is 54.7 Å². The van der Waals surface area contributed by atoms with E-state index in [1.807, 2.05) is 6.92 Å². The molecule has 1 spiro atoms. The van der Waals surface area contributed by atoms with Gasteiger partial charge in [-0.3, -0.25) is 4.90 Å². The van der Waals surface area contributed by atoms with E-state index in [4.69, 9.17) is 32.0 Å². The van der Waals surface area contributed by atoms with Gasteiger partial charge in [-0.05, 0) is 94.5 Å². The Morgan fingerprint density at radius 2 is 1.98 bits per heavy atom. The maximum atomic E-state index is 17.1. The van der Waals surface area contributed by atoms with Crippen LogP contribution in [-0.2, 0) is 6.42 Å². The number of benzene rings is 2. The summed E-state index contributed by atoms with van der Waals surface area (Å²) in [6.07, 6.45) is 8.06. The van der Waals surface area contributed by atoms with E-state index in [1.54, 1.807) is 0 Å². The second-order valence-corrected chi connectivity index (χ2v) is 14.4. The van der Waals surface area contributed by atoms with E-state index in [1.165, 1.54) is 31.4 Å². The van der Waals surface area contributed by atoms with Gasteiger partial charge in [0.15, 0.2) is 5.82 Å². The number of ether oxygens (including phenoxy) is 1. The first-order chi connectivity index (χ1) is 21.2. The average molecular weight is 635 g/mol. The predicted octanol–water partition coefficient (Wildman–Crippen LogP) is 7.45. The maximum absolute atomic E-state index is 17.1. The number of halogens is 3. The van der Waals surface area contributed by atoms with Gasteiger partial charge in [-0.15, -0.1) is 11.3 Å². The second-order valence-electron chi connectivity index (χ2n) is 13.0. The Kier molecular flexibility index (Phi) is 6.50. The molecule has 2 saturated carbocycles. The minimum atomic E-state index is -0.633. The van der Waals surface area contributed by atoms with Gasteiger partial charge < -0.3 is 15.4 Å². The Labute approximate surface area is 263 Å². The summed E-state index contributed by atoms with van der Waals surface area (Å²) in [7, 11) is 2.09. The van der Waals surface area contributed by atoms with Crippen LogP contribution in [0.15, 0.2) is 12.1 Å². The summed E-state index contributed by atoms with van der Waals surface area (Å²) in [6.45, 7) is 3.81. The van der Waals surface area contributed by atoms with Crippen molar-refractivity contribution in [2.75, 3.05) is 30.8 Å². The summed E-state index contributed by atoms with van der Waals surface area (Å²) in [6, 6.07) is 5.57. The zero-order valence-corrected chi connectivity index (χ0v) is 26.3. The molecule has 4 aromatic rings. The molecule has 1 saturated heterocycles. The molecule has 7 nitrogen and oxygen atoms in total. The Bertz CT molecular complexity index is 1900. The van der Waals surface area contributed by atoms with Crippen LogP contribution in [0.2, 0.25) is 5.02 Å². The third-order valence-electron chi connectivity index (χ3n) is 10.7. The molecule has 44 heavy (non-hydrogen) atoms. The van der Waals surface area contributed by atoms with Crippen LogP contribution >= 0.6 is 22.9 Å². The molecule has 2 aromatic carbocycles. The molecule has 0 bridgehead atoms. The number of nitriles is 1. The van der Waals surface area contributed by atoms with Crippen molar-refractivity contribution in [3.63, 3.8) is 0 Å². The molecule has 4 heterocycles. The first-order valence-corrected chi connectivity index (χ1v) is 16.7. The number of rotatable bonds is 5. The van der Waals surface area contributed by atoms with Crippen molar-refractivity contribution in [2.24, 2.45) is 5.41 Å². The summed E-state index contributed by atoms with van der Waals surface area (Å²) < 4.78 is 38.7. The quantitative estimate of drug-likeness (QED) is 0.244. The number of hydrogen-bond donors (Lipinski definition) is 1. The van der Waals surface area contributed by atoms with Crippen LogP contribution in [0, 0.1) is 28.4 Å². The Morgan fingerprint density at radius 3 is 2.66 bits per heavy atom. The number of anilines is 2. The molecule has 228 valence electrons. The minimum absolute atomic E-state index is 0.100. The Hall–Kier alpha value is -3.26. The highest BCUT2D eigenvalue weighted by Gasteiger charge is 2.58. The number of nitrogens with zero attached hydrogens (tertiary/aromatic N) is 5. The number of likely N-dealkylation sites (N-methyl/N-ethyl adjacent to an activating group) is 1. The maximum Gasteiger partial charge on any atom is 0.319 e. The van der Waals surface area contributed by atoms with E-state index in [0.717, 1.165) is 55.7 Å². The lowest BCUT2D eigenvalue weighted by Crippen LogP contribution is -2.49. The molecule has 11 heteroatoms.